The maximum Gasteiger partial charge on any atom is 0.239 e. The molecule has 0 bridgehead atoms. The van der Waals surface area contributed by atoms with Gasteiger partial charge in [-0.25, -0.2) is 0 Å². The first-order valence-electron chi connectivity index (χ1n) is 6.54. The minimum Gasteiger partial charge on any atom is -0.495 e. The lowest BCUT2D eigenvalue weighted by atomic mass is 10.2. The molecule has 0 radical (unpaired) electrons. The van der Waals surface area contributed by atoms with E-state index in [9.17, 15) is 9.90 Å². The number of hydrogen-bond acceptors (Lipinski definition) is 5. The molecule has 1 amide bonds. The van der Waals surface area contributed by atoms with Gasteiger partial charge in [0.05, 0.1) is 25.4 Å². The number of benzene rings is 1. The number of para-hydroxylation sites is 2. The highest BCUT2D eigenvalue weighted by atomic mass is 32.1. The topological polar surface area (TPSA) is 70.6 Å². The van der Waals surface area contributed by atoms with E-state index in [1.807, 2.05) is 41.1 Å². The van der Waals surface area contributed by atoms with Crippen molar-refractivity contribution >= 4 is 22.9 Å². The summed E-state index contributed by atoms with van der Waals surface area (Å²) in [5.74, 6) is 0.499. The van der Waals surface area contributed by atoms with Gasteiger partial charge in [0.15, 0.2) is 0 Å². The molecule has 1 aromatic carbocycles. The van der Waals surface area contributed by atoms with Crippen molar-refractivity contribution < 1.29 is 14.6 Å². The van der Waals surface area contributed by atoms with Gasteiger partial charge < -0.3 is 20.5 Å². The van der Waals surface area contributed by atoms with Crippen LogP contribution in [0.3, 0.4) is 0 Å². The molecule has 5 nitrogen and oxygen atoms in total. The van der Waals surface area contributed by atoms with Gasteiger partial charge in [0, 0.05) is 6.54 Å². The first kappa shape index (κ1) is 15.3. The number of aliphatic hydroxyl groups is 1. The van der Waals surface area contributed by atoms with E-state index >= 15 is 0 Å². The van der Waals surface area contributed by atoms with Gasteiger partial charge in [0.25, 0.3) is 0 Å². The van der Waals surface area contributed by atoms with Gasteiger partial charge in [-0.15, -0.1) is 0 Å². The standard InChI is InChI=1S/C15H18N2O3S/c1-20-14-5-3-2-4-12(14)16-9-15(19)17-8-13(18)11-6-7-21-10-11/h2-7,10,13,16,18H,8-9H2,1H3,(H,17,19)/t13-/m1/s1. The summed E-state index contributed by atoms with van der Waals surface area (Å²) in [4.78, 5) is 11.8. The summed E-state index contributed by atoms with van der Waals surface area (Å²) >= 11 is 1.51. The highest BCUT2D eigenvalue weighted by Crippen LogP contribution is 2.22. The number of carbonyl (C=O) groups is 1. The first-order chi connectivity index (χ1) is 10.2. The van der Waals surface area contributed by atoms with Crippen molar-refractivity contribution in [1.29, 1.82) is 0 Å². The molecule has 0 unspecified atom stereocenters. The zero-order valence-corrected chi connectivity index (χ0v) is 12.5. The molecule has 0 saturated heterocycles. The zero-order valence-electron chi connectivity index (χ0n) is 11.7. The molecule has 1 aromatic heterocycles. The summed E-state index contributed by atoms with van der Waals surface area (Å²) in [6.45, 7) is 0.319. The lowest BCUT2D eigenvalue weighted by Crippen LogP contribution is -2.33. The van der Waals surface area contributed by atoms with E-state index in [-0.39, 0.29) is 19.0 Å². The second-order valence-electron chi connectivity index (χ2n) is 4.43. The molecule has 0 aliphatic rings. The molecule has 1 heterocycles. The summed E-state index contributed by atoms with van der Waals surface area (Å²) in [5.41, 5.74) is 1.58. The lowest BCUT2D eigenvalue weighted by Gasteiger charge is -2.13. The molecular weight excluding hydrogens is 288 g/mol. The van der Waals surface area contributed by atoms with Crippen molar-refractivity contribution in [3.63, 3.8) is 0 Å². The molecule has 0 aliphatic heterocycles. The largest absolute Gasteiger partial charge is 0.495 e. The average Bonchev–Trinajstić information content (AvgIpc) is 3.05. The van der Waals surface area contributed by atoms with E-state index in [1.165, 1.54) is 11.3 Å². The van der Waals surface area contributed by atoms with Crippen molar-refractivity contribution in [3.8, 4) is 5.75 Å². The fourth-order valence-electron chi connectivity index (χ4n) is 1.82. The second-order valence-corrected chi connectivity index (χ2v) is 5.21. The van der Waals surface area contributed by atoms with E-state index in [2.05, 4.69) is 10.6 Å². The number of nitrogens with one attached hydrogen (secondary N) is 2. The number of amides is 1. The highest BCUT2D eigenvalue weighted by Gasteiger charge is 2.10. The Kier molecular flexibility index (Phi) is 5.59. The maximum atomic E-state index is 11.8. The van der Waals surface area contributed by atoms with Gasteiger partial charge in [-0.1, -0.05) is 12.1 Å². The van der Waals surface area contributed by atoms with Gasteiger partial charge in [-0.3, -0.25) is 4.79 Å². The van der Waals surface area contributed by atoms with Gasteiger partial charge >= 0.3 is 0 Å². The molecule has 0 aliphatic carbocycles. The molecule has 0 fully saturated rings. The predicted octanol–water partition coefficient (Wildman–Crippen LogP) is 2.02. The van der Waals surface area contributed by atoms with Crippen LogP contribution in [0.5, 0.6) is 5.75 Å². The minimum atomic E-state index is -0.675. The van der Waals surface area contributed by atoms with Crippen LogP contribution >= 0.6 is 11.3 Å². The van der Waals surface area contributed by atoms with Gasteiger partial charge in [-0.2, -0.15) is 11.3 Å². The van der Waals surface area contributed by atoms with E-state index in [0.717, 1.165) is 11.3 Å². The predicted molar refractivity (Wildman–Crippen MR) is 83.8 cm³/mol. The van der Waals surface area contributed by atoms with Crippen LogP contribution in [0.2, 0.25) is 0 Å². The highest BCUT2D eigenvalue weighted by molar-refractivity contribution is 7.07. The lowest BCUT2D eigenvalue weighted by molar-refractivity contribution is -0.119. The molecule has 6 heteroatoms. The summed E-state index contributed by atoms with van der Waals surface area (Å²) in [6, 6.07) is 9.23. The van der Waals surface area contributed by atoms with Crippen molar-refractivity contribution in [2.45, 2.75) is 6.10 Å². The summed E-state index contributed by atoms with van der Waals surface area (Å²) in [5, 5.41) is 19.3. The number of rotatable bonds is 7. The van der Waals surface area contributed by atoms with Crippen LogP contribution in [0.1, 0.15) is 11.7 Å². The molecule has 2 rings (SSSR count). The Bertz CT molecular complexity index is 572. The number of thiophene rings is 1. The Hall–Kier alpha value is -2.05. The summed E-state index contributed by atoms with van der Waals surface area (Å²) in [6.07, 6.45) is -0.675. The quantitative estimate of drug-likeness (QED) is 0.732. The van der Waals surface area contributed by atoms with Crippen LogP contribution < -0.4 is 15.4 Å². The van der Waals surface area contributed by atoms with Gasteiger partial charge in [0.1, 0.15) is 5.75 Å². The average molecular weight is 306 g/mol. The molecule has 1 atom stereocenters. The Morgan fingerprint density at radius 3 is 2.90 bits per heavy atom. The minimum absolute atomic E-state index is 0.122. The first-order valence-corrected chi connectivity index (χ1v) is 7.48. The van der Waals surface area contributed by atoms with Crippen molar-refractivity contribution in [1.82, 2.24) is 5.32 Å². The van der Waals surface area contributed by atoms with E-state index in [0.29, 0.717) is 5.75 Å². The number of anilines is 1. The fourth-order valence-corrected chi connectivity index (χ4v) is 2.53. The van der Waals surface area contributed by atoms with Crippen LogP contribution in [-0.4, -0.2) is 31.2 Å². The molecule has 112 valence electrons. The number of methoxy groups -OCH3 is 1. The second kappa shape index (κ2) is 7.66. The number of ether oxygens (including phenoxy) is 1. The summed E-state index contributed by atoms with van der Waals surface area (Å²) < 4.78 is 5.19. The third-order valence-electron chi connectivity index (χ3n) is 2.97. The SMILES string of the molecule is COc1ccccc1NCC(=O)NC[C@@H](O)c1ccsc1. The van der Waals surface area contributed by atoms with E-state index < -0.39 is 6.10 Å². The van der Waals surface area contributed by atoms with Gasteiger partial charge in [-0.05, 0) is 34.5 Å². The third-order valence-corrected chi connectivity index (χ3v) is 3.67. The number of aliphatic hydroxyl groups excluding tert-OH is 1. The van der Waals surface area contributed by atoms with Crippen LogP contribution in [0.25, 0.3) is 0 Å². The monoisotopic (exact) mass is 306 g/mol. The third kappa shape index (κ3) is 4.47. The molecule has 3 N–H and O–H groups in total. The van der Waals surface area contributed by atoms with Crippen molar-refractivity contribution in [2.75, 3.05) is 25.5 Å². The smallest absolute Gasteiger partial charge is 0.239 e. The number of hydrogen-bond donors (Lipinski definition) is 3. The van der Waals surface area contributed by atoms with Crippen molar-refractivity contribution in [2.24, 2.45) is 0 Å². The van der Waals surface area contributed by atoms with Crippen LogP contribution in [-0.2, 0) is 4.79 Å². The Morgan fingerprint density at radius 1 is 1.38 bits per heavy atom. The molecule has 0 saturated carbocycles. The zero-order chi connectivity index (χ0) is 15.1. The molecule has 2 aromatic rings. The normalized spacial score (nSPS) is 11.7. The van der Waals surface area contributed by atoms with Crippen molar-refractivity contribution in [3.05, 3.63) is 46.7 Å². The van der Waals surface area contributed by atoms with E-state index in [4.69, 9.17) is 4.74 Å². The molecule has 21 heavy (non-hydrogen) atoms. The Labute approximate surface area is 127 Å². The number of carbonyl (C=O) groups excluding carboxylic acids is 1. The maximum absolute atomic E-state index is 11.8. The fraction of sp³-hybridized carbons (Fsp3) is 0.267. The van der Waals surface area contributed by atoms with E-state index in [1.54, 1.807) is 7.11 Å². The summed E-state index contributed by atoms with van der Waals surface area (Å²) in [7, 11) is 1.58. The molecular formula is C15H18N2O3S. The van der Waals surface area contributed by atoms with Crippen LogP contribution in [0.15, 0.2) is 41.1 Å². The van der Waals surface area contributed by atoms with Crippen LogP contribution in [0.4, 0.5) is 5.69 Å². The van der Waals surface area contributed by atoms with Crippen LogP contribution in [0, 0.1) is 0 Å². The van der Waals surface area contributed by atoms with Gasteiger partial charge in [0.2, 0.25) is 5.91 Å². The molecule has 0 spiro atoms. The Morgan fingerprint density at radius 2 is 2.19 bits per heavy atom. The Balaban J connectivity index is 1.77.